The predicted octanol–water partition coefficient (Wildman–Crippen LogP) is 1.80. The second-order valence-corrected chi connectivity index (χ2v) is 5.23. The lowest BCUT2D eigenvalue weighted by atomic mass is 10.0. The van der Waals surface area contributed by atoms with Gasteiger partial charge in [-0.3, -0.25) is 4.90 Å². The standard InChI is InChI=1S/C15H24N2O/c1-12-5-4-6-13(9-12)10-17(3)15-11-18-8-7-14(15)16-2/h4-6,9,14-16H,7-8,10-11H2,1-3H3. The molecule has 1 aromatic rings. The van der Waals surface area contributed by atoms with Crippen LogP contribution in [0.3, 0.4) is 0 Å². The van der Waals surface area contributed by atoms with Crippen LogP contribution in [0.25, 0.3) is 0 Å². The Balaban J connectivity index is 1.99. The topological polar surface area (TPSA) is 24.5 Å². The van der Waals surface area contributed by atoms with E-state index in [0.29, 0.717) is 12.1 Å². The average molecular weight is 248 g/mol. The molecule has 3 heteroatoms. The van der Waals surface area contributed by atoms with Gasteiger partial charge in [0.1, 0.15) is 0 Å². The summed E-state index contributed by atoms with van der Waals surface area (Å²) in [5.41, 5.74) is 2.70. The van der Waals surface area contributed by atoms with E-state index in [1.807, 2.05) is 7.05 Å². The summed E-state index contributed by atoms with van der Waals surface area (Å²) in [5.74, 6) is 0. The highest BCUT2D eigenvalue weighted by molar-refractivity contribution is 5.22. The molecule has 1 fully saturated rings. The van der Waals surface area contributed by atoms with Crippen LogP contribution in [0.1, 0.15) is 17.5 Å². The summed E-state index contributed by atoms with van der Waals surface area (Å²) in [6, 6.07) is 9.73. The van der Waals surface area contributed by atoms with Crippen molar-refractivity contribution in [2.45, 2.75) is 32.0 Å². The summed E-state index contributed by atoms with van der Waals surface area (Å²) in [6.07, 6.45) is 1.10. The summed E-state index contributed by atoms with van der Waals surface area (Å²) >= 11 is 0. The van der Waals surface area contributed by atoms with Crippen LogP contribution >= 0.6 is 0 Å². The highest BCUT2D eigenvalue weighted by Crippen LogP contribution is 2.16. The molecule has 0 bridgehead atoms. The van der Waals surface area contributed by atoms with E-state index in [2.05, 4.69) is 48.5 Å². The Labute approximate surface area is 110 Å². The number of benzene rings is 1. The van der Waals surface area contributed by atoms with Crippen LogP contribution in [0, 0.1) is 6.92 Å². The molecule has 2 rings (SSSR count). The first-order chi connectivity index (χ1) is 8.70. The summed E-state index contributed by atoms with van der Waals surface area (Å²) in [6.45, 7) is 4.83. The van der Waals surface area contributed by atoms with E-state index < -0.39 is 0 Å². The Morgan fingerprint density at radius 2 is 2.28 bits per heavy atom. The molecule has 2 unspecified atom stereocenters. The van der Waals surface area contributed by atoms with Crippen molar-refractivity contribution >= 4 is 0 Å². The van der Waals surface area contributed by atoms with Crippen molar-refractivity contribution in [3.8, 4) is 0 Å². The molecule has 100 valence electrons. The van der Waals surface area contributed by atoms with Crippen LogP contribution in [0.5, 0.6) is 0 Å². The first kappa shape index (κ1) is 13.5. The van der Waals surface area contributed by atoms with Gasteiger partial charge in [0.15, 0.2) is 0 Å². The van der Waals surface area contributed by atoms with Gasteiger partial charge in [-0.05, 0) is 33.0 Å². The van der Waals surface area contributed by atoms with Crippen LogP contribution in [-0.2, 0) is 11.3 Å². The zero-order valence-electron chi connectivity index (χ0n) is 11.6. The van der Waals surface area contributed by atoms with Crippen molar-refractivity contribution in [3.05, 3.63) is 35.4 Å². The zero-order valence-corrected chi connectivity index (χ0v) is 11.6. The molecule has 1 aliphatic heterocycles. The van der Waals surface area contributed by atoms with E-state index in [1.165, 1.54) is 11.1 Å². The second-order valence-electron chi connectivity index (χ2n) is 5.23. The third-order valence-electron chi connectivity index (χ3n) is 3.78. The maximum Gasteiger partial charge on any atom is 0.0637 e. The molecule has 2 atom stereocenters. The number of aryl methyl sites for hydroxylation is 1. The van der Waals surface area contributed by atoms with Gasteiger partial charge in [-0.25, -0.2) is 0 Å². The largest absolute Gasteiger partial charge is 0.380 e. The zero-order chi connectivity index (χ0) is 13.0. The number of nitrogens with one attached hydrogen (secondary N) is 1. The van der Waals surface area contributed by atoms with Gasteiger partial charge in [0.25, 0.3) is 0 Å². The van der Waals surface area contributed by atoms with Crippen molar-refractivity contribution in [1.82, 2.24) is 10.2 Å². The first-order valence-corrected chi connectivity index (χ1v) is 6.71. The Hall–Kier alpha value is -0.900. The molecule has 18 heavy (non-hydrogen) atoms. The van der Waals surface area contributed by atoms with E-state index >= 15 is 0 Å². The van der Waals surface area contributed by atoms with Gasteiger partial charge in [0.2, 0.25) is 0 Å². The summed E-state index contributed by atoms with van der Waals surface area (Å²) < 4.78 is 5.62. The fourth-order valence-electron chi connectivity index (χ4n) is 2.71. The predicted molar refractivity (Wildman–Crippen MR) is 74.7 cm³/mol. The van der Waals surface area contributed by atoms with Gasteiger partial charge >= 0.3 is 0 Å². The summed E-state index contributed by atoms with van der Waals surface area (Å²) in [4.78, 5) is 2.40. The molecule has 1 N–H and O–H groups in total. The minimum absolute atomic E-state index is 0.462. The van der Waals surface area contributed by atoms with Gasteiger partial charge in [-0.2, -0.15) is 0 Å². The quantitative estimate of drug-likeness (QED) is 0.879. The van der Waals surface area contributed by atoms with Crippen molar-refractivity contribution < 1.29 is 4.74 Å². The van der Waals surface area contributed by atoms with Crippen molar-refractivity contribution in [2.24, 2.45) is 0 Å². The fraction of sp³-hybridized carbons (Fsp3) is 0.600. The van der Waals surface area contributed by atoms with Gasteiger partial charge in [-0.1, -0.05) is 29.8 Å². The fourth-order valence-corrected chi connectivity index (χ4v) is 2.71. The van der Waals surface area contributed by atoms with Gasteiger partial charge in [-0.15, -0.1) is 0 Å². The third kappa shape index (κ3) is 3.31. The van der Waals surface area contributed by atoms with E-state index in [-0.39, 0.29) is 0 Å². The lowest BCUT2D eigenvalue weighted by molar-refractivity contribution is 0.00523. The Morgan fingerprint density at radius 3 is 3.00 bits per heavy atom. The minimum atomic E-state index is 0.462. The molecule has 0 saturated carbocycles. The average Bonchev–Trinajstić information content (AvgIpc) is 2.38. The van der Waals surface area contributed by atoms with E-state index in [4.69, 9.17) is 4.74 Å². The minimum Gasteiger partial charge on any atom is -0.380 e. The Morgan fingerprint density at radius 1 is 1.44 bits per heavy atom. The smallest absolute Gasteiger partial charge is 0.0637 e. The lowest BCUT2D eigenvalue weighted by Crippen LogP contribution is -2.53. The number of likely N-dealkylation sites (N-methyl/N-ethyl adjacent to an activating group) is 2. The highest BCUT2D eigenvalue weighted by Gasteiger charge is 2.27. The maximum atomic E-state index is 5.62. The molecule has 1 heterocycles. The van der Waals surface area contributed by atoms with Crippen LogP contribution in [-0.4, -0.2) is 44.3 Å². The van der Waals surface area contributed by atoms with Gasteiger partial charge < -0.3 is 10.1 Å². The summed E-state index contributed by atoms with van der Waals surface area (Å²) in [7, 11) is 4.23. The molecule has 0 aromatic heterocycles. The molecule has 0 spiro atoms. The summed E-state index contributed by atoms with van der Waals surface area (Å²) in [5, 5.41) is 3.41. The van der Waals surface area contributed by atoms with Crippen molar-refractivity contribution in [3.63, 3.8) is 0 Å². The number of rotatable bonds is 4. The van der Waals surface area contributed by atoms with Crippen LogP contribution in [0.4, 0.5) is 0 Å². The number of hydrogen-bond acceptors (Lipinski definition) is 3. The normalized spacial score (nSPS) is 24.4. The number of nitrogens with zero attached hydrogens (tertiary/aromatic N) is 1. The molecule has 0 amide bonds. The van der Waals surface area contributed by atoms with Gasteiger partial charge in [0, 0.05) is 25.2 Å². The molecule has 0 radical (unpaired) electrons. The lowest BCUT2D eigenvalue weighted by Gasteiger charge is -2.37. The maximum absolute atomic E-state index is 5.62. The van der Waals surface area contributed by atoms with Gasteiger partial charge in [0.05, 0.1) is 6.61 Å². The van der Waals surface area contributed by atoms with Crippen LogP contribution < -0.4 is 5.32 Å². The molecule has 3 nitrogen and oxygen atoms in total. The van der Waals surface area contributed by atoms with Crippen molar-refractivity contribution in [1.29, 1.82) is 0 Å². The van der Waals surface area contributed by atoms with Crippen LogP contribution in [0.2, 0.25) is 0 Å². The van der Waals surface area contributed by atoms with Crippen LogP contribution in [0.15, 0.2) is 24.3 Å². The van der Waals surface area contributed by atoms with Crippen molar-refractivity contribution in [2.75, 3.05) is 27.3 Å². The Kier molecular flexibility index (Phi) is 4.75. The molecule has 0 aliphatic carbocycles. The molecular formula is C15H24N2O. The molecular weight excluding hydrogens is 224 g/mol. The first-order valence-electron chi connectivity index (χ1n) is 6.71. The molecule has 1 aromatic carbocycles. The number of ether oxygens (including phenoxy) is 1. The highest BCUT2D eigenvalue weighted by atomic mass is 16.5. The van der Waals surface area contributed by atoms with E-state index in [0.717, 1.165) is 26.2 Å². The third-order valence-corrected chi connectivity index (χ3v) is 3.78. The molecule has 1 aliphatic rings. The monoisotopic (exact) mass is 248 g/mol. The molecule has 1 saturated heterocycles. The van der Waals surface area contributed by atoms with E-state index in [9.17, 15) is 0 Å². The van der Waals surface area contributed by atoms with E-state index in [1.54, 1.807) is 0 Å². The SMILES string of the molecule is CNC1CCOCC1N(C)Cc1cccc(C)c1. The second kappa shape index (κ2) is 6.32. The number of hydrogen-bond donors (Lipinski definition) is 1. The Bertz CT molecular complexity index is 381.